The van der Waals surface area contributed by atoms with Gasteiger partial charge in [-0.3, -0.25) is 0 Å². The highest BCUT2D eigenvalue weighted by molar-refractivity contribution is 5.49. The van der Waals surface area contributed by atoms with Crippen molar-refractivity contribution in [2.24, 2.45) is 0 Å². The number of hydrogen-bond donors (Lipinski definition) is 1. The van der Waals surface area contributed by atoms with Gasteiger partial charge in [0, 0.05) is 12.0 Å². The van der Waals surface area contributed by atoms with Crippen LogP contribution in [-0.4, -0.2) is 9.97 Å². The average Bonchev–Trinajstić information content (AvgIpc) is 3.26. The van der Waals surface area contributed by atoms with E-state index in [2.05, 4.69) is 16.0 Å². The molecule has 1 saturated carbocycles. The maximum absolute atomic E-state index is 8.98. The fraction of sp³-hybridized carbons (Fsp3) is 0.312. The molecule has 0 amide bonds. The Morgan fingerprint density at radius 3 is 2.43 bits per heavy atom. The van der Waals surface area contributed by atoms with Gasteiger partial charge in [0.15, 0.2) is 0 Å². The van der Waals surface area contributed by atoms with Gasteiger partial charge in [0.1, 0.15) is 17.4 Å². The molecule has 0 radical (unpaired) electrons. The summed E-state index contributed by atoms with van der Waals surface area (Å²) in [5.41, 5.74) is 8.25. The monoisotopic (exact) mass is 280 g/mol. The van der Waals surface area contributed by atoms with Gasteiger partial charge < -0.3 is 10.5 Å². The fourth-order valence-electron chi connectivity index (χ4n) is 2.32. The highest BCUT2D eigenvalue weighted by Crippen LogP contribution is 2.39. The molecule has 5 nitrogen and oxygen atoms in total. The van der Waals surface area contributed by atoms with E-state index in [1.165, 1.54) is 0 Å². The third-order valence-electron chi connectivity index (χ3n) is 3.48. The summed E-state index contributed by atoms with van der Waals surface area (Å²) in [6.45, 7) is 3.82. The van der Waals surface area contributed by atoms with Crippen molar-refractivity contribution in [1.29, 1.82) is 5.26 Å². The minimum Gasteiger partial charge on any atom is -0.438 e. The van der Waals surface area contributed by atoms with E-state index in [9.17, 15) is 0 Å². The van der Waals surface area contributed by atoms with Gasteiger partial charge in [0.25, 0.3) is 0 Å². The van der Waals surface area contributed by atoms with Gasteiger partial charge >= 0.3 is 0 Å². The first-order valence-corrected chi connectivity index (χ1v) is 6.90. The lowest BCUT2D eigenvalue weighted by atomic mass is 10.1. The molecule has 21 heavy (non-hydrogen) atoms. The highest BCUT2D eigenvalue weighted by Gasteiger charge is 2.27. The number of anilines is 1. The molecule has 0 atom stereocenters. The quantitative estimate of drug-likeness (QED) is 0.933. The molecule has 0 spiro atoms. The maximum atomic E-state index is 8.98. The Balaban J connectivity index is 1.95. The molecule has 1 aromatic heterocycles. The number of nitriles is 1. The molecule has 1 fully saturated rings. The zero-order chi connectivity index (χ0) is 15.0. The van der Waals surface area contributed by atoms with Crippen LogP contribution in [0, 0.1) is 25.2 Å². The second-order valence-electron chi connectivity index (χ2n) is 5.42. The van der Waals surface area contributed by atoms with Gasteiger partial charge in [0.2, 0.25) is 5.88 Å². The maximum Gasteiger partial charge on any atom is 0.224 e. The molecule has 5 heteroatoms. The number of aromatic nitrogens is 2. The van der Waals surface area contributed by atoms with E-state index in [1.54, 1.807) is 18.2 Å². The van der Waals surface area contributed by atoms with Crippen molar-refractivity contribution >= 4 is 5.82 Å². The van der Waals surface area contributed by atoms with E-state index in [4.69, 9.17) is 15.7 Å². The summed E-state index contributed by atoms with van der Waals surface area (Å²) in [5, 5.41) is 8.98. The smallest absolute Gasteiger partial charge is 0.224 e. The number of nitrogen functional groups attached to an aromatic ring is 1. The average molecular weight is 280 g/mol. The Bertz CT molecular complexity index is 721. The first-order valence-electron chi connectivity index (χ1n) is 6.90. The number of benzene rings is 1. The minimum atomic E-state index is 0.416. The van der Waals surface area contributed by atoms with E-state index in [0.29, 0.717) is 28.9 Å². The molecule has 0 bridgehead atoms. The number of ether oxygens (including phenoxy) is 1. The first-order chi connectivity index (χ1) is 10.1. The van der Waals surface area contributed by atoms with Crippen LogP contribution in [0.25, 0.3) is 0 Å². The minimum absolute atomic E-state index is 0.416. The number of nitrogens with zero attached hydrogens (tertiary/aromatic N) is 3. The molecule has 1 aromatic carbocycles. The van der Waals surface area contributed by atoms with Crippen LogP contribution in [0.4, 0.5) is 5.82 Å². The Morgan fingerprint density at radius 1 is 1.19 bits per heavy atom. The molecule has 2 aromatic rings. The normalized spacial score (nSPS) is 13.8. The van der Waals surface area contributed by atoms with Gasteiger partial charge in [-0.1, -0.05) is 0 Å². The molecule has 0 saturated heterocycles. The van der Waals surface area contributed by atoms with Crippen molar-refractivity contribution in [3.63, 3.8) is 0 Å². The van der Waals surface area contributed by atoms with Crippen LogP contribution in [0.3, 0.4) is 0 Å². The zero-order valence-corrected chi connectivity index (χ0v) is 12.1. The van der Waals surface area contributed by atoms with Gasteiger partial charge in [0.05, 0.1) is 11.6 Å². The third-order valence-corrected chi connectivity index (χ3v) is 3.48. The summed E-state index contributed by atoms with van der Waals surface area (Å²) in [6, 6.07) is 7.37. The van der Waals surface area contributed by atoms with Crippen LogP contribution in [0.15, 0.2) is 18.2 Å². The van der Waals surface area contributed by atoms with Crippen molar-refractivity contribution in [3.8, 4) is 17.7 Å². The molecule has 3 rings (SSSR count). The predicted molar refractivity (Wildman–Crippen MR) is 79.1 cm³/mol. The van der Waals surface area contributed by atoms with Crippen LogP contribution >= 0.6 is 0 Å². The third kappa shape index (κ3) is 2.79. The Kier molecular flexibility index (Phi) is 3.22. The van der Waals surface area contributed by atoms with Crippen molar-refractivity contribution in [3.05, 3.63) is 40.7 Å². The van der Waals surface area contributed by atoms with E-state index in [-0.39, 0.29) is 0 Å². The summed E-state index contributed by atoms with van der Waals surface area (Å²) >= 11 is 0. The molecule has 0 unspecified atom stereocenters. The van der Waals surface area contributed by atoms with E-state index >= 15 is 0 Å². The lowest BCUT2D eigenvalue weighted by Gasteiger charge is -2.12. The van der Waals surface area contributed by atoms with E-state index in [0.717, 1.165) is 29.8 Å². The Morgan fingerprint density at radius 2 is 1.86 bits per heavy atom. The summed E-state index contributed by atoms with van der Waals surface area (Å²) in [4.78, 5) is 8.69. The van der Waals surface area contributed by atoms with Crippen molar-refractivity contribution < 1.29 is 4.74 Å². The summed E-state index contributed by atoms with van der Waals surface area (Å²) in [5.74, 6) is 2.77. The summed E-state index contributed by atoms with van der Waals surface area (Å²) < 4.78 is 5.90. The second-order valence-corrected chi connectivity index (χ2v) is 5.42. The van der Waals surface area contributed by atoms with Crippen LogP contribution in [0.1, 0.15) is 41.3 Å². The zero-order valence-electron chi connectivity index (χ0n) is 12.1. The topological polar surface area (TPSA) is 84.8 Å². The van der Waals surface area contributed by atoms with Crippen LogP contribution in [0.5, 0.6) is 11.6 Å². The van der Waals surface area contributed by atoms with Crippen LogP contribution in [0.2, 0.25) is 0 Å². The largest absolute Gasteiger partial charge is 0.438 e. The van der Waals surface area contributed by atoms with Crippen molar-refractivity contribution in [2.75, 3.05) is 5.73 Å². The van der Waals surface area contributed by atoms with Crippen molar-refractivity contribution in [2.45, 2.75) is 32.6 Å². The number of nitrogens with two attached hydrogens (primary N) is 1. The molecular formula is C16H16N4O. The van der Waals surface area contributed by atoms with Crippen LogP contribution in [-0.2, 0) is 0 Å². The Hall–Kier alpha value is -2.61. The summed E-state index contributed by atoms with van der Waals surface area (Å²) in [6.07, 6.45) is 2.22. The van der Waals surface area contributed by atoms with E-state index < -0.39 is 0 Å². The molecule has 0 aliphatic heterocycles. The standard InChI is InChI=1S/C16H16N4O/c1-9-5-11(8-17)6-10(2)15(9)21-14-7-13(18)19-16(20-14)12-3-4-12/h5-7,12H,3-4H2,1-2H3,(H2,18,19,20). The predicted octanol–water partition coefficient (Wildman–Crippen LogP) is 3.22. The molecule has 106 valence electrons. The lowest BCUT2D eigenvalue weighted by molar-refractivity contribution is 0.452. The molecule has 1 heterocycles. The SMILES string of the molecule is Cc1cc(C#N)cc(C)c1Oc1cc(N)nc(C2CC2)n1. The molecule has 1 aliphatic rings. The van der Waals surface area contributed by atoms with Gasteiger partial charge in [-0.05, 0) is 49.9 Å². The van der Waals surface area contributed by atoms with Gasteiger partial charge in [-0.25, -0.2) is 4.98 Å². The second kappa shape index (κ2) is 5.06. The highest BCUT2D eigenvalue weighted by atomic mass is 16.5. The fourth-order valence-corrected chi connectivity index (χ4v) is 2.32. The Labute approximate surface area is 123 Å². The number of hydrogen-bond acceptors (Lipinski definition) is 5. The van der Waals surface area contributed by atoms with Gasteiger partial charge in [-0.15, -0.1) is 0 Å². The first kappa shape index (κ1) is 13.4. The molecular weight excluding hydrogens is 264 g/mol. The van der Waals surface area contributed by atoms with Gasteiger partial charge in [-0.2, -0.15) is 10.2 Å². The number of rotatable bonds is 3. The van der Waals surface area contributed by atoms with E-state index in [1.807, 2.05) is 13.8 Å². The van der Waals surface area contributed by atoms with Crippen molar-refractivity contribution in [1.82, 2.24) is 9.97 Å². The lowest BCUT2D eigenvalue weighted by Crippen LogP contribution is -2.01. The number of aryl methyl sites for hydroxylation is 2. The molecule has 2 N–H and O–H groups in total. The summed E-state index contributed by atoms with van der Waals surface area (Å²) in [7, 11) is 0. The van der Waals surface area contributed by atoms with Crippen LogP contribution < -0.4 is 10.5 Å². The molecule has 1 aliphatic carbocycles.